The lowest BCUT2D eigenvalue weighted by molar-refractivity contribution is -0.136. The molecule has 0 amide bonds. The molecule has 2 N–H and O–H groups in total. The highest BCUT2D eigenvalue weighted by Gasteiger charge is 2.17. The summed E-state index contributed by atoms with van der Waals surface area (Å²) in [6, 6.07) is 0. The van der Waals surface area contributed by atoms with Crippen LogP contribution in [0.25, 0.3) is 11.2 Å². The van der Waals surface area contributed by atoms with Crippen LogP contribution >= 0.6 is 11.8 Å². The van der Waals surface area contributed by atoms with Gasteiger partial charge in [0.05, 0.1) is 13.0 Å². The van der Waals surface area contributed by atoms with Gasteiger partial charge in [-0.05, 0) is 0 Å². The number of hydrogen-bond acceptors (Lipinski definition) is 6. The number of aromatic nitrogens is 4. The number of aliphatic carboxylic acids is 1. The summed E-state index contributed by atoms with van der Waals surface area (Å²) in [7, 11) is 3.05. The van der Waals surface area contributed by atoms with E-state index < -0.39 is 17.2 Å². The van der Waals surface area contributed by atoms with Crippen LogP contribution in [0.2, 0.25) is 0 Å². The SMILES string of the molecule is COCCn1c(SCCC(=O)O)nc2c1c(=O)[nH]c(=O)n2C. The van der Waals surface area contributed by atoms with Crippen molar-refractivity contribution in [2.45, 2.75) is 18.1 Å². The molecule has 0 spiro atoms. The number of H-pyrrole nitrogens is 1. The monoisotopic (exact) mass is 328 g/mol. The van der Waals surface area contributed by atoms with E-state index in [1.54, 1.807) is 4.57 Å². The van der Waals surface area contributed by atoms with Crippen LogP contribution in [0.4, 0.5) is 0 Å². The minimum Gasteiger partial charge on any atom is -0.481 e. The van der Waals surface area contributed by atoms with Crippen molar-refractivity contribution in [2.75, 3.05) is 19.5 Å². The van der Waals surface area contributed by atoms with Crippen molar-refractivity contribution in [3.8, 4) is 0 Å². The van der Waals surface area contributed by atoms with Crippen LogP contribution in [-0.4, -0.2) is 49.6 Å². The van der Waals surface area contributed by atoms with E-state index in [1.165, 1.54) is 30.5 Å². The van der Waals surface area contributed by atoms with Crippen molar-refractivity contribution in [2.24, 2.45) is 7.05 Å². The third-order valence-electron chi connectivity index (χ3n) is 3.04. The number of ether oxygens (including phenoxy) is 1. The first-order valence-corrected chi connectivity index (χ1v) is 7.47. The van der Waals surface area contributed by atoms with E-state index in [1.807, 2.05) is 0 Å². The molecular formula is C12H16N4O5S. The summed E-state index contributed by atoms with van der Waals surface area (Å²) in [5.74, 6) is -0.588. The van der Waals surface area contributed by atoms with Crippen LogP contribution in [0.3, 0.4) is 0 Å². The highest BCUT2D eigenvalue weighted by molar-refractivity contribution is 7.99. The van der Waals surface area contributed by atoms with Gasteiger partial charge in [-0.1, -0.05) is 11.8 Å². The number of carbonyl (C=O) groups is 1. The second-order valence-corrected chi connectivity index (χ2v) is 5.58. The maximum atomic E-state index is 12.1. The molecule has 0 saturated carbocycles. The normalized spacial score (nSPS) is 11.2. The Bertz CT molecular complexity index is 806. The lowest BCUT2D eigenvalue weighted by Gasteiger charge is -2.07. The van der Waals surface area contributed by atoms with E-state index in [-0.39, 0.29) is 17.6 Å². The molecule has 0 aliphatic carbocycles. The van der Waals surface area contributed by atoms with Crippen LogP contribution in [-0.2, 0) is 23.1 Å². The molecule has 0 aliphatic heterocycles. The third-order valence-corrected chi connectivity index (χ3v) is 4.02. The second-order valence-electron chi connectivity index (χ2n) is 4.52. The molecule has 2 heterocycles. The number of carboxylic acids is 1. The van der Waals surface area contributed by atoms with E-state index >= 15 is 0 Å². The molecule has 0 aromatic carbocycles. The summed E-state index contributed by atoms with van der Waals surface area (Å²) in [6.45, 7) is 0.740. The number of fused-ring (bicyclic) bond motifs is 1. The molecule has 0 unspecified atom stereocenters. The van der Waals surface area contributed by atoms with Gasteiger partial charge in [-0.25, -0.2) is 9.78 Å². The zero-order valence-corrected chi connectivity index (χ0v) is 13.0. The molecule has 0 saturated heterocycles. The first-order valence-electron chi connectivity index (χ1n) is 6.48. The highest BCUT2D eigenvalue weighted by atomic mass is 32.2. The fourth-order valence-corrected chi connectivity index (χ4v) is 2.89. The van der Waals surface area contributed by atoms with E-state index in [4.69, 9.17) is 9.84 Å². The molecule has 10 heteroatoms. The molecule has 0 atom stereocenters. The Balaban J connectivity index is 2.51. The number of rotatable bonds is 7. The van der Waals surface area contributed by atoms with Gasteiger partial charge in [-0.3, -0.25) is 19.1 Å². The predicted molar refractivity (Wildman–Crippen MR) is 80.4 cm³/mol. The number of hydrogen-bond donors (Lipinski definition) is 2. The number of thioether (sulfide) groups is 1. The Morgan fingerprint density at radius 2 is 2.18 bits per heavy atom. The van der Waals surface area contributed by atoms with Crippen molar-refractivity contribution in [3.63, 3.8) is 0 Å². The first-order chi connectivity index (χ1) is 10.5. The number of methoxy groups -OCH3 is 1. The molecule has 9 nitrogen and oxygen atoms in total. The molecule has 0 radical (unpaired) electrons. The zero-order chi connectivity index (χ0) is 16.3. The van der Waals surface area contributed by atoms with E-state index in [9.17, 15) is 14.4 Å². The van der Waals surface area contributed by atoms with Crippen molar-refractivity contribution in [1.29, 1.82) is 0 Å². The average molecular weight is 328 g/mol. The number of imidazole rings is 1. The van der Waals surface area contributed by atoms with Crippen LogP contribution in [0.1, 0.15) is 6.42 Å². The summed E-state index contributed by atoms with van der Waals surface area (Å²) >= 11 is 1.22. The first kappa shape index (κ1) is 16.3. The second kappa shape index (κ2) is 6.79. The van der Waals surface area contributed by atoms with Gasteiger partial charge < -0.3 is 14.4 Å². The summed E-state index contributed by atoms with van der Waals surface area (Å²) in [4.78, 5) is 40.8. The van der Waals surface area contributed by atoms with Crippen molar-refractivity contribution in [3.05, 3.63) is 20.8 Å². The molecule has 2 aromatic rings. The molecular weight excluding hydrogens is 312 g/mol. The summed E-state index contributed by atoms with van der Waals surface area (Å²) < 4.78 is 7.92. The fourth-order valence-electron chi connectivity index (χ4n) is 1.94. The van der Waals surface area contributed by atoms with Crippen LogP contribution in [0, 0.1) is 0 Å². The fraction of sp³-hybridized carbons (Fsp3) is 0.500. The summed E-state index contributed by atoms with van der Waals surface area (Å²) in [5.41, 5.74) is -0.526. The smallest absolute Gasteiger partial charge is 0.329 e. The Morgan fingerprint density at radius 3 is 2.82 bits per heavy atom. The standard InChI is InChI=1S/C12H16N4O5S/c1-15-9-8(10(19)14-11(15)20)16(4-5-21-2)12(13-9)22-6-3-7(17)18/h3-6H2,1-2H3,(H,17,18)(H,14,19,20). The maximum Gasteiger partial charge on any atom is 0.329 e. The Kier molecular flexibility index (Phi) is 5.03. The third kappa shape index (κ3) is 3.22. The van der Waals surface area contributed by atoms with Gasteiger partial charge in [0, 0.05) is 26.5 Å². The largest absolute Gasteiger partial charge is 0.481 e. The molecule has 0 aliphatic rings. The van der Waals surface area contributed by atoms with Crippen molar-refractivity contribution in [1.82, 2.24) is 19.1 Å². The van der Waals surface area contributed by atoms with Crippen molar-refractivity contribution < 1.29 is 14.6 Å². The molecule has 120 valence electrons. The molecule has 0 bridgehead atoms. The number of nitrogens with one attached hydrogen (secondary N) is 1. The van der Waals surface area contributed by atoms with Gasteiger partial charge in [0.25, 0.3) is 5.56 Å². The Morgan fingerprint density at radius 1 is 1.45 bits per heavy atom. The van der Waals surface area contributed by atoms with Crippen LogP contribution in [0.5, 0.6) is 0 Å². The van der Waals surface area contributed by atoms with E-state index in [0.29, 0.717) is 24.1 Å². The van der Waals surface area contributed by atoms with Gasteiger partial charge >= 0.3 is 11.7 Å². The molecule has 0 fully saturated rings. The zero-order valence-electron chi connectivity index (χ0n) is 12.2. The van der Waals surface area contributed by atoms with Gasteiger partial charge in [0.15, 0.2) is 16.3 Å². The average Bonchev–Trinajstić information content (AvgIpc) is 2.81. The van der Waals surface area contributed by atoms with Crippen molar-refractivity contribution >= 4 is 28.9 Å². The summed E-state index contributed by atoms with van der Waals surface area (Å²) in [5, 5.41) is 9.19. The van der Waals surface area contributed by atoms with E-state index in [2.05, 4.69) is 9.97 Å². The molecule has 2 aromatic heterocycles. The Hall–Kier alpha value is -2.07. The lowest BCUT2D eigenvalue weighted by atomic mass is 10.5. The Labute approximate surface area is 128 Å². The molecule has 22 heavy (non-hydrogen) atoms. The maximum absolute atomic E-state index is 12.1. The van der Waals surface area contributed by atoms with Crippen LogP contribution < -0.4 is 11.2 Å². The van der Waals surface area contributed by atoms with E-state index in [0.717, 1.165) is 0 Å². The van der Waals surface area contributed by atoms with Gasteiger partial charge in [0.1, 0.15) is 0 Å². The number of aryl methyl sites for hydroxylation is 1. The topological polar surface area (TPSA) is 119 Å². The van der Waals surface area contributed by atoms with Gasteiger partial charge in [-0.15, -0.1) is 0 Å². The lowest BCUT2D eigenvalue weighted by Crippen LogP contribution is -2.29. The number of carboxylic acid groups (broad SMARTS) is 1. The van der Waals surface area contributed by atoms with Crippen LogP contribution in [0.15, 0.2) is 14.7 Å². The molecule has 2 rings (SSSR count). The minimum atomic E-state index is -0.905. The summed E-state index contributed by atoms with van der Waals surface area (Å²) in [6.07, 6.45) is -0.0204. The number of aromatic amines is 1. The number of nitrogens with zero attached hydrogens (tertiary/aromatic N) is 3. The predicted octanol–water partition coefficient (Wildman–Crippen LogP) is -0.363. The van der Waals surface area contributed by atoms with Gasteiger partial charge in [0.2, 0.25) is 0 Å². The van der Waals surface area contributed by atoms with Gasteiger partial charge in [-0.2, -0.15) is 0 Å². The minimum absolute atomic E-state index is 0.0204. The highest BCUT2D eigenvalue weighted by Crippen LogP contribution is 2.22. The quantitative estimate of drug-likeness (QED) is 0.666.